The highest BCUT2D eigenvalue weighted by atomic mass is 35.5. The van der Waals surface area contributed by atoms with Gasteiger partial charge in [0.15, 0.2) is 5.69 Å². The maximum atomic E-state index is 11.0. The third-order valence-electron chi connectivity index (χ3n) is 2.42. The molecular weight excluding hydrogens is 321 g/mol. The molecule has 0 fully saturated rings. The maximum absolute atomic E-state index is 11.0. The molecule has 2 aromatic rings. The monoisotopic (exact) mass is 327 g/mol. The molecule has 0 aliphatic rings. The van der Waals surface area contributed by atoms with E-state index in [1.54, 1.807) is 0 Å². The number of benzene rings is 1. The SMILES string of the molecule is O=C(O)c1ccc([N+](=O)[O-])c(Nc2cc(Cl)cc(Cl)c2)n1. The minimum Gasteiger partial charge on any atom is -0.477 e. The van der Waals surface area contributed by atoms with Gasteiger partial charge in [-0.05, 0) is 24.3 Å². The summed E-state index contributed by atoms with van der Waals surface area (Å²) in [6.45, 7) is 0. The number of hydrogen-bond donors (Lipinski definition) is 2. The number of aromatic nitrogens is 1. The number of rotatable bonds is 4. The summed E-state index contributed by atoms with van der Waals surface area (Å²) in [7, 11) is 0. The molecule has 0 unspecified atom stereocenters. The fraction of sp³-hybridized carbons (Fsp3) is 0. The van der Waals surface area contributed by atoms with Crippen LogP contribution in [-0.2, 0) is 0 Å². The number of nitro groups is 1. The molecule has 9 heteroatoms. The highest BCUT2D eigenvalue weighted by Gasteiger charge is 2.18. The molecule has 0 atom stereocenters. The predicted octanol–water partition coefficient (Wildman–Crippen LogP) is 3.74. The topological polar surface area (TPSA) is 105 Å². The quantitative estimate of drug-likeness (QED) is 0.654. The average Bonchev–Trinajstić information content (AvgIpc) is 2.36. The molecule has 2 rings (SSSR count). The van der Waals surface area contributed by atoms with E-state index in [4.69, 9.17) is 28.3 Å². The summed E-state index contributed by atoms with van der Waals surface area (Å²) in [5, 5.41) is 23.1. The maximum Gasteiger partial charge on any atom is 0.354 e. The Kier molecular flexibility index (Phi) is 4.25. The second kappa shape index (κ2) is 5.94. The molecule has 0 aliphatic heterocycles. The Morgan fingerprint density at radius 1 is 1.24 bits per heavy atom. The zero-order valence-corrected chi connectivity index (χ0v) is 11.7. The zero-order chi connectivity index (χ0) is 15.6. The zero-order valence-electron chi connectivity index (χ0n) is 10.2. The van der Waals surface area contributed by atoms with E-state index in [0.717, 1.165) is 12.1 Å². The Labute approximate surface area is 128 Å². The van der Waals surface area contributed by atoms with Crippen LogP contribution in [0.3, 0.4) is 0 Å². The van der Waals surface area contributed by atoms with Crippen molar-refractivity contribution >= 4 is 46.4 Å². The third kappa shape index (κ3) is 3.59. The highest BCUT2D eigenvalue weighted by molar-refractivity contribution is 6.35. The number of anilines is 2. The minimum atomic E-state index is -1.29. The second-order valence-electron chi connectivity index (χ2n) is 3.91. The van der Waals surface area contributed by atoms with E-state index in [2.05, 4.69) is 10.3 Å². The Bertz CT molecular complexity index is 716. The first-order chi connectivity index (χ1) is 9.86. The van der Waals surface area contributed by atoms with E-state index in [1.807, 2.05) is 0 Å². The van der Waals surface area contributed by atoms with E-state index in [9.17, 15) is 14.9 Å². The largest absolute Gasteiger partial charge is 0.477 e. The van der Waals surface area contributed by atoms with E-state index < -0.39 is 10.9 Å². The van der Waals surface area contributed by atoms with Gasteiger partial charge >= 0.3 is 11.7 Å². The number of carboxylic acids is 1. The molecule has 0 saturated heterocycles. The van der Waals surface area contributed by atoms with Crippen molar-refractivity contribution in [2.24, 2.45) is 0 Å². The number of carbonyl (C=O) groups is 1. The Hall–Kier alpha value is -2.38. The molecule has 0 radical (unpaired) electrons. The minimum absolute atomic E-state index is 0.210. The molecule has 1 aromatic heterocycles. The van der Waals surface area contributed by atoms with Gasteiger partial charge in [-0.25, -0.2) is 9.78 Å². The van der Waals surface area contributed by atoms with Crippen LogP contribution in [0, 0.1) is 10.1 Å². The average molecular weight is 328 g/mol. The Morgan fingerprint density at radius 3 is 2.38 bits per heavy atom. The number of halogens is 2. The lowest BCUT2D eigenvalue weighted by molar-refractivity contribution is -0.384. The smallest absolute Gasteiger partial charge is 0.354 e. The number of pyridine rings is 1. The third-order valence-corrected chi connectivity index (χ3v) is 2.85. The fourth-order valence-electron chi connectivity index (χ4n) is 1.57. The summed E-state index contributed by atoms with van der Waals surface area (Å²) in [4.78, 5) is 24.9. The van der Waals surface area contributed by atoms with Crippen molar-refractivity contribution in [3.8, 4) is 0 Å². The molecule has 108 valence electrons. The molecular formula is C12H7Cl2N3O4. The summed E-state index contributed by atoms with van der Waals surface area (Å²) < 4.78 is 0. The van der Waals surface area contributed by atoms with Crippen molar-refractivity contribution < 1.29 is 14.8 Å². The lowest BCUT2D eigenvalue weighted by Crippen LogP contribution is -2.06. The predicted molar refractivity (Wildman–Crippen MR) is 77.6 cm³/mol. The van der Waals surface area contributed by atoms with Gasteiger partial charge in [-0.3, -0.25) is 10.1 Å². The van der Waals surface area contributed by atoms with Crippen molar-refractivity contribution in [1.29, 1.82) is 0 Å². The van der Waals surface area contributed by atoms with Crippen LogP contribution in [0.1, 0.15) is 10.5 Å². The van der Waals surface area contributed by atoms with Gasteiger partial charge in [-0.1, -0.05) is 23.2 Å². The fourth-order valence-corrected chi connectivity index (χ4v) is 2.10. The molecule has 21 heavy (non-hydrogen) atoms. The van der Waals surface area contributed by atoms with Crippen molar-refractivity contribution in [3.05, 3.63) is 56.2 Å². The van der Waals surface area contributed by atoms with E-state index >= 15 is 0 Å². The summed E-state index contributed by atoms with van der Waals surface area (Å²) in [5.41, 5.74) is -0.335. The van der Waals surface area contributed by atoms with Crippen LogP contribution in [0.25, 0.3) is 0 Å². The number of aromatic carboxylic acids is 1. The van der Waals surface area contributed by atoms with E-state index in [-0.39, 0.29) is 17.2 Å². The number of nitrogens with one attached hydrogen (secondary N) is 1. The molecule has 0 bridgehead atoms. The molecule has 0 spiro atoms. The van der Waals surface area contributed by atoms with Crippen LogP contribution < -0.4 is 5.32 Å². The standard InChI is InChI=1S/C12H7Cl2N3O4/c13-6-3-7(14)5-8(4-6)15-11-10(17(20)21)2-1-9(16-11)12(18)19/h1-5H,(H,15,16)(H,18,19). The summed E-state index contributed by atoms with van der Waals surface area (Å²) in [5.74, 6) is -1.50. The van der Waals surface area contributed by atoms with Crippen molar-refractivity contribution in [2.45, 2.75) is 0 Å². The van der Waals surface area contributed by atoms with Gasteiger partial charge in [0, 0.05) is 21.8 Å². The van der Waals surface area contributed by atoms with Crippen LogP contribution in [0.15, 0.2) is 30.3 Å². The Morgan fingerprint density at radius 2 is 1.86 bits per heavy atom. The van der Waals surface area contributed by atoms with Crippen LogP contribution in [0.4, 0.5) is 17.2 Å². The van der Waals surface area contributed by atoms with E-state index in [0.29, 0.717) is 15.7 Å². The van der Waals surface area contributed by atoms with Gasteiger partial charge in [0.25, 0.3) is 0 Å². The first kappa shape index (κ1) is 15.0. The molecule has 1 heterocycles. The van der Waals surface area contributed by atoms with Gasteiger partial charge in [-0.15, -0.1) is 0 Å². The van der Waals surface area contributed by atoms with E-state index in [1.165, 1.54) is 18.2 Å². The lowest BCUT2D eigenvalue weighted by atomic mass is 10.3. The van der Waals surface area contributed by atoms with Crippen LogP contribution in [-0.4, -0.2) is 21.0 Å². The van der Waals surface area contributed by atoms with Crippen molar-refractivity contribution in [3.63, 3.8) is 0 Å². The van der Waals surface area contributed by atoms with Gasteiger partial charge in [0.1, 0.15) is 0 Å². The van der Waals surface area contributed by atoms with Gasteiger partial charge in [-0.2, -0.15) is 0 Å². The van der Waals surface area contributed by atoms with Crippen molar-refractivity contribution in [1.82, 2.24) is 4.98 Å². The van der Waals surface area contributed by atoms with Crippen LogP contribution in [0.2, 0.25) is 10.0 Å². The highest BCUT2D eigenvalue weighted by Crippen LogP contribution is 2.29. The second-order valence-corrected chi connectivity index (χ2v) is 4.78. The molecule has 1 aromatic carbocycles. The van der Waals surface area contributed by atoms with Gasteiger partial charge in [0.2, 0.25) is 5.82 Å². The summed E-state index contributed by atoms with van der Waals surface area (Å²) in [6, 6.07) is 6.56. The summed E-state index contributed by atoms with van der Waals surface area (Å²) in [6.07, 6.45) is 0. The Balaban J connectivity index is 2.47. The molecule has 2 N–H and O–H groups in total. The molecule has 0 aliphatic carbocycles. The normalized spacial score (nSPS) is 10.2. The number of hydrogen-bond acceptors (Lipinski definition) is 5. The van der Waals surface area contributed by atoms with Crippen molar-refractivity contribution in [2.75, 3.05) is 5.32 Å². The number of carboxylic acid groups (broad SMARTS) is 1. The summed E-state index contributed by atoms with van der Waals surface area (Å²) >= 11 is 11.7. The first-order valence-electron chi connectivity index (χ1n) is 5.48. The van der Waals surface area contributed by atoms with Gasteiger partial charge in [0.05, 0.1) is 4.92 Å². The lowest BCUT2D eigenvalue weighted by Gasteiger charge is -2.08. The molecule has 0 amide bonds. The van der Waals surface area contributed by atoms with Crippen LogP contribution in [0.5, 0.6) is 0 Å². The van der Waals surface area contributed by atoms with Gasteiger partial charge < -0.3 is 10.4 Å². The number of nitrogens with zero attached hydrogens (tertiary/aromatic N) is 2. The first-order valence-corrected chi connectivity index (χ1v) is 6.24. The molecule has 7 nitrogen and oxygen atoms in total. The molecule has 0 saturated carbocycles. The van der Waals surface area contributed by atoms with Crippen LogP contribution >= 0.6 is 23.2 Å².